The molecule has 0 aliphatic heterocycles. The summed E-state index contributed by atoms with van der Waals surface area (Å²) in [6.45, 7) is 3.60. The van der Waals surface area contributed by atoms with E-state index >= 15 is 0 Å². The van der Waals surface area contributed by atoms with E-state index in [0.717, 1.165) is 6.42 Å². The van der Waals surface area contributed by atoms with Gasteiger partial charge >= 0.3 is 5.97 Å². The minimum absolute atomic E-state index is 0.130. The van der Waals surface area contributed by atoms with Crippen LogP contribution in [0.1, 0.15) is 30.6 Å². The lowest BCUT2D eigenvalue weighted by atomic mass is 10.2. The van der Waals surface area contributed by atoms with E-state index in [1.165, 1.54) is 0 Å². The summed E-state index contributed by atoms with van der Waals surface area (Å²) in [6.07, 6.45) is 0.624. The third-order valence-corrected chi connectivity index (χ3v) is 3.73. The smallest absolute Gasteiger partial charge is 0.344 e. The van der Waals surface area contributed by atoms with Crippen LogP contribution in [0.25, 0.3) is 0 Å². The molecule has 5 nitrogen and oxygen atoms in total. The van der Waals surface area contributed by atoms with E-state index in [2.05, 4.69) is 5.32 Å². The Morgan fingerprint density at radius 2 is 1.72 bits per heavy atom. The highest BCUT2D eigenvalue weighted by Crippen LogP contribution is 2.16. The molecular weight excluding hydrogens is 342 g/mol. The first-order valence-corrected chi connectivity index (χ1v) is 8.35. The predicted octanol–water partition coefficient (Wildman–Crippen LogP) is 4.31. The molecule has 6 heteroatoms. The van der Waals surface area contributed by atoms with Crippen LogP contribution in [0.2, 0.25) is 5.02 Å². The predicted molar refractivity (Wildman–Crippen MR) is 97.2 cm³/mol. The lowest BCUT2D eigenvalue weighted by Crippen LogP contribution is -2.20. The lowest BCUT2D eigenvalue weighted by Gasteiger charge is -2.11. The quantitative estimate of drug-likeness (QED) is 0.746. The molecule has 0 fully saturated rings. The maximum Gasteiger partial charge on any atom is 0.344 e. The molecule has 2 aromatic rings. The van der Waals surface area contributed by atoms with E-state index in [1.807, 2.05) is 13.8 Å². The van der Waals surface area contributed by atoms with E-state index in [-0.39, 0.29) is 18.6 Å². The molecule has 0 radical (unpaired) electrons. The SMILES string of the molecule is CC[C@@H](C)OC(=O)COc1ccc(C(=O)Nc2ccc(Cl)cc2)cc1. The summed E-state index contributed by atoms with van der Waals surface area (Å²) >= 11 is 5.81. The number of nitrogens with one attached hydrogen (secondary N) is 1. The van der Waals surface area contributed by atoms with Gasteiger partial charge in [-0.1, -0.05) is 18.5 Å². The van der Waals surface area contributed by atoms with Crippen LogP contribution in [0.15, 0.2) is 48.5 Å². The summed E-state index contributed by atoms with van der Waals surface area (Å²) < 4.78 is 10.5. The summed E-state index contributed by atoms with van der Waals surface area (Å²) in [6, 6.07) is 13.4. The molecule has 0 aliphatic rings. The second kappa shape index (κ2) is 9.08. The number of ether oxygens (including phenoxy) is 2. The fraction of sp³-hybridized carbons (Fsp3) is 0.263. The fourth-order valence-electron chi connectivity index (χ4n) is 1.92. The second-order valence-electron chi connectivity index (χ2n) is 5.48. The highest BCUT2D eigenvalue weighted by Gasteiger charge is 2.10. The summed E-state index contributed by atoms with van der Waals surface area (Å²) in [5, 5.41) is 3.37. The summed E-state index contributed by atoms with van der Waals surface area (Å²) in [7, 11) is 0. The zero-order valence-corrected chi connectivity index (χ0v) is 14.9. The van der Waals surface area contributed by atoms with Gasteiger partial charge in [0.15, 0.2) is 6.61 Å². The second-order valence-corrected chi connectivity index (χ2v) is 5.92. The van der Waals surface area contributed by atoms with E-state index in [4.69, 9.17) is 21.1 Å². The van der Waals surface area contributed by atoms with Crippen molar-refractivity contribution in [2.24, 2.45) is 0 Å². The summed E-state index contributed by atoms with van der Waals surface area (Å²) in [4.78, 5) is 23.7. The van der Waals surface area contributed by atoms with Gasteiger partial charge in [-0.25, -0.2) is 4.79 Å². The van der Waals surface area contributed by atoms with Gasteiger partial charge in [0, 0.05) is 16.3 Å². The maximum atomic E-state index is 12.2. The van der Waals surface area contributed by atoms with Gasteiger partial charge in [-0.05, 0) is 61.9 Å². The van der Waals surface area contributed by atoms with E-state index < -0.39 is 5.97 Å². The number of rotatable bonds is 7. The Labute approximate surface area is 151 Å². The van der Waals surface area contributed by atoms with E-state index in [9.17, 15) is 9.59 Å². The molecule has 1 amide bonds. The average molecular weight is 362 g/mol. The van der Waals surface area contributed by atoms with Crippen LogP contribution in [0.4, 0.5) is 5.69 Å². The van der Waals surface area contributed by atoms with E-state index in [1.54, 1.807) is 48.5 Å². The third kappa shape index (κ3) is 6.12. The van der Waals surface area contributed by atoms with Crippen molar-refractivity contribution in [3.05, 3.63) is 59.1 Å². The number of esters is 1. The summed E-state index contributed by atoms with van der Waals surface area (Å²) in [5.41, 5.74) is 1.13. The van der Waals surface area contributed by atoms with Crippen molar-refractivity contribution in [3.63, 3.8) is 0 Å². The first kappa shape index (κ1) is 18.8. The number of hydrogen-bond donors (Lipinski definition) is 1. The molecule has 0 spiro atoms. The van der Waals surface area contributed by atoms with Crippen LogP contribution in [0.5, 0.6) is 5.75 Å². The number of hydrogen-bond acceptors (Lipinski definition) is 4. The third-order valence-electron chi connectivity index (χ3n) is 3.48. The van der Waals surface area contributed by atoms with Gasteiger partial charge in [0.25, 0.3) is 5.91 Å². The molecule has 0 aliphatic carbocycles. The molecule has 1 atom stereocenters. The number of halogens is 1. The van der Waals surface area contributed by atoms with Gasteiger partial charge in [-0.3, -0.25) is 4.79 Å². The zero-order valence-electron chi connectivity index (χ0n) is 14.1. The first-order valence-electron chi connectivity index (χ1n) is 7.97. The van der Waals surface area contributed by atoms with Gasteiger partial charge < -0.3 is 14.8 Å². The average Bonchev–Trinajstić information content (AvgIpc) is 2.62. The number of anilines is 1. The normalized spacial score (nSPS) is 11.5. The molecule has 0 unspecified atom stereocenters. The van der Waals surface area contributed by atoms with Crippen LogP contribution in [-0.2, 0) is 9.53 Å². The van der Waals surface area contributed by atoms with Gasteiger partial charge in [0.1, 0.15) is 5.75 Å². The van der Waals surface area contributed by atoms with Crippen LogP contribution < -0.4 is 10.1 Å². The molecule has 0 heterocycles. The van der Waals surface area contributed by atoms with Crippen molar-refractivity contribution in [2.75, 3.05) is 11.9 Å². The Balaban J connectivity index is 1.87. The maximum absolute atomic E-state index is 12.2. The minimum Gasteiger partial charge on any atom is -0.482 e. The van der Waals surface area contributed by atoms with Gasteiger partial charge in [-0.15, -0.1) is 0 Å². The van der Waals surface area contributed by atoms with Crippen molar-refractivity contribution in [1.29, 1.82) is 0 Å². The molecule has 0 saturated heterocycles. The lowest BCUT2D eigenvalue weighted by molar-refractivity contribution is -0.150. The van der Waals surface area contributed by atoms with Crippen molar-refractivity contribution < 1.29 is 19.1 Å². The Hall–Kier alpha value is -2.53. The monoisotopic (exact) mass is 361 g/mol. The molecule has 0 aromatic heterocycles. The minimum atomic E-state index is -0.418. The Morgan fingerprint density at radius 1 is 1.08 bits per heavy atom. The van der Waals surface area contributed by atoms with Crippen molar-refractivity contribution in [2.45, 2.75) is 26.4 Å². The molecule has 132 valence electrons. The Morgan fingerprint density at radius 3 is 2.32 bits per heavy atom. The van der Waals surface area contributed by atoms with Crippen molar-refractivity contribution in [1.82, 2.24) is 0 Å². The van der Waals surface area contributed by atoms with Crippen molar-refractivity contribution >= 4 is 29.2 Å². The molecule has 2 rings (SSSR count). The van der Waals surface area contributed by atoms with Gasteiger partial charge in [0.05, 0.1) is 6.10 Å². The van der Waals surface area contributed by atoms with Crippen molar-refractivity contribution in [3.8, 4) is 5.75 Å². The Kier molecular flexibility index (Phi) is 6.83. The highest BCUT2D eigenvalue weighted by molar-refractivity contribution is 6.30. The zero-order chi connectivity index (χ0) is 18.2. The molecule has 0 saturated carbocycles. The van der Waals surface area contributed by atoms with Crippen LogP contribution in [0.3, 0.4) is 0 Å². The highest BCUT2D eigenvalue weighted by atomic mass is 35.5. The molecule has 1 N–H and O–H groups in total. The largest absolute Gasteiger partial charge is 0.482 e. The topological polar surface area (TPSA) is 64.6 Å². The van der Waals surface area contributed by atoms with Crippen LogP contribution >= 0.6 is 11.6 Å². The molecule has 25 heavy (non-hydrogen) atoms. The number of carbonyl (C=O) groups excluding carboxylic acids is 2. The van der Waals surface area contributed by atoms with Crippen LogP contribution in [0, 0.1) is 0 Å². The van der Waals surface area contributed by atoms with Crippen LogP contribution in [-0.4, -0.2) is 24.6 Å². The number of amides is 1. The van der Waals surface area contributed by atoms with Gasteiger partial charge in [0.2, 0.25) is 0 Å². The fourth-order valence-corrected chi connectivity index (χ4v) is 2.05. The van der Waals surface area contributed by atoms with E-state index in [0.29, 0.717) is 22.0 Å². The Bertz CT molecular complexity index is 713. The summed E-state index contributed by atoms with van der Waals surface area (Å²) in [5.74, 6) is -0.173. The standard InChI is InChI=1S/C19H20ClNO4/c1-3-13(2)25-18(22)12-24-17-10-4-14(5-11-17)19(23)21-16-8-6-15(20)7-9-16/h4-11,13H,3,12H2,1-2H3,(H,21,23)/t13-/m1/s1. The van der Waals surface area contributed by atoms with Gasteiger partial charge in [-0.2, -0.15) is 0 Å². The first-order chi connectivity index (χ1) is 12.0. The number of benzene rings is 2. The molecular formula is C19H20ClNO4. The molecule has 0 bridgehead atoms. The molecule has 2 aromatic carbocycles. The number of carbonyl (C=O) groups is 2.